The number of nitrogens with one attached hydrogen (secondary N) is 2. The minimum absolute atomic E-state index is 0.0646. The van der Waals surface area contributed by atoms with Crippen LogP contribution in [0, 0.1) is 17.3 Å². The molecule has 0 aromatic carbocycles. The van der Waals surface area contributed by atoms with Gasteiger partial charge in [0.2, 0.25) is 5.91 Å². The van der Waals surface area contributed by atoms with Gasteiger partial charge < -0.3 is 15.5 Å². The normalized spacial score (nSPS) is 32.7. The number of aliphatic imine (C=N–C) groups is 1. The van der Waals surface area contributed by atoms with Gasteiger partial charge in [0.05, 0.1) is 5.92 Å². The Morgan fingerprint density at radius 1 is 1.33 bits per heavy atom. The van der Waals surface area contributed by atoms with Crippen LogP contribution in [0.15, 0.2) is 4.99 Å². The van der Waals surface area contributed by atoms with Gasteiger partial charge in [-0.25, -0.2) is 0 Å². The van der Waals surface area contributed by atoms with Crippen LogP contribution in [0.5, 0.6) is 0 Å². The van der Waals surface area contributed by atoms with E-state index in [0.29, 0.717) is 38.3 Å². The Kier molecular flexibility index (Phi) is 6.21. The van der Waals surface area contributed by atoms with E-state index < -0.39 is 18.0 Å². The van der Waals surface area contributed by atoms with Crippen molar-refractivity contribution in [3.8, 4) is 0 Å². The molecule has 1 saturated carbocycles. The minimum Gasteiger partial charge on any atom is -0.357 e. The highest BCUT2D eigenvalue weighted by molar-refractivity contribution is 5.81. The number of alkyl halides is 3. The lowest BCUT2D eigenvalue weighted by Gasteiger charge is -2.41. The van der Waals surface area contributed by atoms with Gasteiger partial charge in [-0.3, -0.25) is 9.79 Å². The summed E-state index contributed by atoms with van der Waals surface area (Å²) in [5.74, 6) is -0.875. The molecule has 27 heavy (non-hydrogen) atoms. The second kappa shape index (κ2) is 8.27. The summed E-state index contributed by atoms with van der Waals surface area (Å²) in [7, 11) is 0. The highest BCUT2D eigenvalue weighted by Gasteiger charge is 2.45. The molecular formula is C19H31F3N4O. The average Bonchev–Trinajstić information content (AvgIpc) is 2.98. The smallest absolute Gasteiger partial charge is 0.357 e. The molecular weight excluding hydrogens is 357 g/mol. The molecule has 0 radical (unpaired) electrons. The number of likely N-dealkylation sites (tertiary alicyclic amines) is 1. The summed E-state index contributed by atoms with van der Waals surface area (Å²) in [6, 6.07) is 0. The monoisotopic (exact) mass is 388 g/mol. The third-order valence-electron chi connectivity index (χ3n) is 6.30. The van der Waals surface area contributed by atoms with Crippen LogP contribution >= 0.6 is 0 Å². The first kappa shape index (κ1) is 20.3. The van der Waals surface area contributed by atoms with Crippen molar-refractivity contribution in [3.05, 3.63) is 0 Å². The number of hydrogen-bond acceptors (Lipinski definition) is 2. The van der Waals surface area contributed by atoms with Crippen LogP contribution in [0.2, 0.25) is 0 Å². The van der Waals surface area contributed by atoms with Crippen molar-refractivity contribution in [1.82, 2.24) is 15.5 Å². The summed E-state index contributed by atoms with van der Waals surface area (Å²) in [5.41, 5.74) is -0.0646. The first-order valence-corrected chi connectivity index (χ1v) is 10.2. The molecule has 2 aliphatic heterocycles. The van der Waals surface area contributed by atoms with Gasteiger partial charge >= 0.3 is 6.18 Å². The Bertz CT molecular complexity index is 566. The van der Waals surface area contributed by atoms with E-state index >= 15 is 0 Å². The van der Waals surface area contributed by atoms with Gasteiger partial charge in [0.1, 0.15) is 0 Å². The minimum atomic E-state index is -4.13. The van der Waals surface area contributed by atoms with E-state index in [1.165, 1.54) is 0 Å². The van der Waals surface area contributed by atoms with Gasteiger partial charge in [0.15, 0.2) is 5.96 Å². The molecule has 154 valence electrons. The van der Waals surface area contributed by atoms with E-state index in [0.717, 1.165) is 32.4 Å². The molecule has 1 amide bonds. The molecule has 1 aliphatic carbocycles. The van der Waals surface area contributed by atoms with Crippen LogP contribution in [0.3, 0.4) is 0 Å². The van der Waals surface area contributed by atoms with Crippen molar-refractivity contribution < 1.29 is 18.0 Å². The van der Waals surface area contributed by atoms with Crippen LogP contribution in [0.4, 0.5) is 13.2 Å². The predicted octanol–water partition coefficient (Wildman–Crippen LogP) is 2.92. The van der Waals surface area contributed by atoms with Gasteiger partial charge in [-0.15, -0.1) is 0 Å². The molecule has 3 rings (SSSR count). The number of piperidine rings is 1. The zero-order valence-electron chi connectivity index (χ0n) is 16.1. The fraction of sp³-hybridized carbons (Fsp3) is 0.895. The number of carbonyl (C=O) groups excluding carboxylic acids is 1. The predicted molar refractivity (Wildman–Crippen MR) is 98.3 cm³/mol. The Balaban J connectivity index is 1.69. The molecule has 3 fully saturated rings. The Morgan fingerprint density at radius 2 is 2.11 bits per heavy atom. The molecule has 8 heteroatoms. The van der Waals surface area contributed by atoms with E-state index in [9.17, 15) is 18.0 Å². The first-order chi connectivity index (χ1) is 12.8. The molecule has 2 saturated heterocycles. The molecule has 0 aromatic heterocycles. The van der Waals surface area contributed by atoms with E-state index in [1.807, 2.05) is 6.92 Å². The van der Waals surface area contributed by atoms with Crippen LogP contribution in [-0.4, -0.2) is 55.7 Å². The molecule has 2 heterocycles. The molecule has 2 N–H and O–H groups in total. The summed E-state index contributed by atoms with van der Waals surface area (Å²) in [4.78, 5) is 18.5. The number of guanidine groups is 1. The fourth-order valence-corrected chi connectivity index (χ4v) is 4.92. The van der Waals surface area contributed by atoms with Crippen molar-refractivity contribution in [1.29, 1.82) is 0 Å². The highest BCUT2D eigenvalue weighted by Crippen LogP contribution is 2.41. The molecule has 3 unspecified atom stereocenters. The second-order valence-corrected chi connectivity index (χ2v) is 8.37. The van der Waals surface area contributed by atoms with Crippen molar-refractivity contribution >= 4 is 11.9 Å². The Morgan fingerprint density at radius 3 is 2.78 bits per heavy atom. The lowest BCUT2D eigenvalue weighted by atomic mass is 9.78. The highest BCUT2D eigenvalue weighted by atomic mass is 19.4. The zero-order valence-corrected chi connectivity index (χ0v) is 16.1. The lowest BCUT2D eigenvalue weighted by Crippen LogP contribution is -2.51. The second-order valence-electron chi connectivity index (χ2n) is 8.37. The van der Waals surface area contributed by atoms with Crippen LogP contribution in [-0.2, 0) is 4.79 Å². The number of halogens is 3. The lowest BCUT2D eigenvalue weighted by molar-refractivity contribution is -0.195. The number of nitrogens with zero attached hydrogens (tertiary/aromatic N) is 2. The quantitative estimate of drug-likeness (QED) is 0.577. The van der Waals surface area contributed by atoms with E-state index in [4.69, 9.17) is 0 Å². The fourth-order valence-electron chi connectivity index (χ4n) is 4.92. The molecule has 5 nitrogen and oxygen atoms in total. The maximum atomic E-state index is 13.3. The van der Waals surface area contributed by atoms with E-state index in [-0.39, 0.29) is 24.3 Å². The van der Waals surface area contributed by atoms with Crippen LogP contribution in [0.25, 0.3) is 0 Å². The summed E-state index contributed by atoms with van der Waals surface area (Å²) >= 11 is 0. The van der Waals surface area contributed by atoms with E-state index in [2.05, 4.69) is 20.5 Å². The van der Waals surface area contributed by atoms with Crippen molar-refractivity contribution in [3.63, 3.8) is 0 Å². The standard InChI is InChI=1S/C19H31F3N4O/c1-2-23-17(24-11-14-6-3-4-7-15(14)19(20,21)22)26-9-5-8-18(13-26)10-16(27)25-12-18/h14-15H,2-13H2,1H3,(H,23,24)(H,25,27). The summed E-state index contributed by atoms with van der Waals surface area (Å²) in [6.45, 7) is 5.09. The summed E-state index contributed by atoms with van der Waals surface area (Å²) in [5, 5.41) is 6.18. The Labute approximate surface area is 159 Å². The third kappa shape index (κ3) is 4.88. The summed E-state index contributed by atoms with van der Waals surface area (Å²) < 4.78 is 40.0. The maximum Gasteiger partial charge on any atom is 0.392 e. The molecule has 1 spiro atoms. The van der Waals surface area contributed by atoms with Gasteiger partial charge in [-0.2, -0.15) is 13.2 Å². The average molecular weight is 388 g/mol. The van der Waals surface area contributed by atoms with Crippen LogP contribution in [0.1, 0.15) is 51.9 Å². The molecule has 3 atom stereocenters. The van der Waals surface area contributed by atoms with Gasteiger partial charge in [-0.1, -0.05) is 12.8 Å². The van der Waals surface area contributed by atoms with Crippen LogP contribution < -0.4 is 10.6 Å². The SMILES string of the molecule is CCNC(=NCC1CCCCC1C(F)(F)F)N1CCCC2(CNC(=O)C2)C1. The largest absolute Gasteiger partial charge is 0.392 e. The third-order valence-corrected chi connectivity index (χ3v) is 6.30. The van der Waals surface area contributed by atoms with Gasteiger partial charge in [0, 0.05) is 44.6 Å². The number of hydrogen-bond donors (Lipinski definition) is 2. The van der Waals surface area contributed by atoms with Gasteiger partial charge in [0.25, 0.3) is 0 Å². The maximum absolute atomic E-state index is 13.3. The zero-order chi connectivity index (χ0) is 19.5. The number of amides is 1. The summed E-state index contributed by atoms with van der Waals surface area (Å²) in [6.07, 6.45) is 0.681. The number of carbonyl (C=O) groups is 1. The van der Waals surface area contributed by atoms with Crippen molar-refractivity contribution in [2.45, 2.75) is 58.0 Å². The first-order valence-electron chi connectivity index (χ1n) is 10.2. The van der Waals surface area contributed by atoms with Crippen molar-refractivity contribution in [2.75, 3.05) is 32.7 Å². The molecule has 0 aromatic rings. The van der Waals surface area contributed by atoms with Crippen molar-refractivity contribution in [2.24, 2.45) is 22.2 Å². The molecule has 3 aliphatic rings. The van der Waals surface area contributed by atoms with Gasteiger partial charge in [-0.05, 0) is 38.5 Å². The number of rotatable bonds is 3. The molecule has 0 bridgehead atoms. The Hall–Kier alpha value is -1.47. The van der Waals surface area contributed by atoms with E-state index in [1.54, 1.807) is 0 Å². The topological polar surface area (TPSA) is 56.7 Å².